The molecule has 0 saturated carbocycles. The van der Waals surface area contributed by atoms with E-state index in [1.165, 1.54) is 12.1 Å². The van der Waals surface area contributed by atoms with Crippen molar-refractivity contribution in [1.29, 1.82) is 0 Å². The Kier molecular flexibility index (Phi) is 5.71. The second kappa shape index (κ2) is 7.67. The van der Waals surface area contributed by atoms with Gasteiger partial charge in [0.25, 0.3) is 0 Å². The highest BCUT2D eigenvalue weighted by molar-refractivity contribution is 7.91. The molecule has 0 atom stereocenters. The van der Waals surface area contributed by atoms with Crippen LogP contribution in [0.5, 0.6) is 0 Å². The molecule has 1 fully saturated rings. The molecule has 0 aliphatic carbocycles. The Labute approximate surface area is 154 Å². The van der Waals surface area contributed by atoms with Crippen LogP contribution in [0.2, 0.25) is 0 Å². The van der Waals surface area contributed by atoms with Gasteiger partial charge in [-0.25, -0.2) is 13.1 Å². The fraction of sp³-hybridized carbons (Fsp3) is 0.412. The number of nitrogens with one attached hydrogen (secondary N) is 1. The van der Waals surface area contributed by atoms with E-state index in [1.54, 1.807) is 23.6 Å². The number of sulfonamides is 1. The molecule has 4 nitrogen and oxygen atoms in total. The Balaban J connectivity index is 1.58. The predicted octanol–water partition coefficient (Wildman–Crippen LogP) is 3.71. The molecule has 0 amide bonds. The van der Waals surface area contributed by atoms with Crippen molar-refractivity contribution in [3.63, 3.8) is 0 Å². The van der Waals surface area contributed by atoms with Gasteiger partial charge in [0.1, 0.15) is 4.21 Å². The van der Waals surface area contributed by atoms with Crippen LogP contribution in [0.25, 0.3) is 0 Å². The van der Waals surface area contributed by atoms with Gasteiger partial charge in [-0.05, 0) is 35.9 Å². The second-order valence-electron chi connectivity index (χ2n) is 6.26. The van der Waals surface area contributed by atoms with Crippen LogP contribution in [0, 0.1) is 0 Å². The van der Waals surface area contributed by atoms with Crippen LogP contribution in [-0.2, 0) is 22.7 Å². The Morgan fingerprint density at radius 3 is 2.42 bits per heavy atom. The van der Waals surface area contributed by atoms with Crippen molar-refractivity contribution < 1.29 is 21.6 Å². The van der Waals surface area contributed by atoms with Gasteiger partial charge in [0, 0.05) is 25.7 Å². The number of hydrogen-bond donors (Lipinski definition) is 1. The van der Waals surface area contributed by atoms with E-state index in [4.69, 9.17) is 0 Å². The van der Waals surface area contributed by atoms with Crippen LogP contribution in [0.1, 0.15) is 24.0 Å². The minimum Gasteiger partial charge on any atom is -0.299 e. The van der Waals surface area contributed by atoms with Gasteiger partial charge in [-0.15, -0.1) is 11.3 Å². The lowest BCUT2D eigenvalue weighted by atomic mass is 10.0. The minimum atomic E-state index is -4.37. The quantitative estimate of drug-likeness (QED) is 0.827. The van der Waals surface area contributed by atoms with E-state index in [0.29, 0.717) is 25.9 Å². The van der Waals surface area contributed by atoms with Gasteiger partial charge in [0.05, 0.1) is 5.56 Å². The third kappa shape index (κ3) is 4.64. The van der Waals surface area contributed by atoms with Gasteiger partial charge in [-0.3, -0.25) is 4.90 Å². The van der Waals surface area contributed by atoms with E-state index < -0.39 is 21.8 Å². The molecule has 1 saturated heterocycles. The first-order valence-electron chi connectivity index (χ1n) is 8.19. The molecule has 0 unspecified atom stereocenters. The summed E-state index contributed by atoms with van der Waals surface area (Å²) in [5.74, 6) is 0. The number of likely N-dealkylation sites (tertiary alicyclic amines) is 1. The standard InChI is InChI=1S/C17H19F3N2O2S2/c18-17(19,20)15-5-2-1-4-13(15)12-22-9-7-14(8-10-22)21-26(23,24)16-6-3-11-25-16/h1-6,11,14,21H,7-10,12H2. The van der Waals surface area contributed by atoms with Crippen molar-refractivity contribution in [2.75, 3.05) is 13.1 Å². The summed E-state index contributed by atoms with van der Waals surface area (Å²) < 4.78 is 66.7. The van der Waals surface area contributed by atoms with E-state index in [0.717, 1.165) is 17.4 Å². The van der Waals surface area contributed by atoms with Gasteiger partial charge in [0.2, 0.25) is 10.0 Å². The summed E-state index contributed by atoms with van der Waals surface area (Å²) in [4.78, 5) is 1.93. The molecule has 142 valence electrons. The summed E-state index contributed by atoms with van der Waals surface area (Å²) in [7, 11) is -3.52. The van der Waals surface area contributed by atoms with Crippen LogP contribution in [0.15, 0.2) is 46.0 Å². The van der Waals surface area contributed by atoms with Gasteiger partial charge in [-0.2, -0.15) is 13.2 Å². The van der Waals surface area contributed by atoms with E-state index in [9.17, 15) is 21.6 Å². The molecular weight excluding hydrogens is 385 g/mol. The van der Waals surface area contributed by atoms with Crippen LogP contribution < -0.4 is 4.72 Å². The number of benzene rings is 1. The molecule has 3 rings (SSSR count). The molecule has 1 aliphatic heterocycles. The zero-order valence-electron chi connectivity index (χ0n) is 13.9. The number of piperidine rings is 1. The van der Waals surface area contributed by atoms with Crippen molar-refractivity contribution in [3.05, 3.63) is 52.9 Å². The fourth-order valence-corrected chi connectivity index (χ4v) is 5.39. The Bertz CT molecular complexity index is 828. The maximum absolute atomic E-state index is 13.1. The summed E-state index contributed by atoms with van der Waals surface area (Å²) in [5.41, 5.74) is -0.363. The molecule has 1 aliphatic rings. The average Bonchev–Trinajstić information content (AvgIpc) is 3.11. The van der Waals surface area contributed by atoms with Crippen LogP contribution in [-0.4, -0.2) is 32.4 Å². The Hall–Kier alpha value is -1.42. The van der Waals surface area contributed by atoms with Crippen LogP contribution >= 0.6 is 11.3 Å². The maximum Gasteiger partial charge on any atom is 0.416 e. The molecule has 1 N–H and O–H groups in total. The highest BCUT2D eigenvalue weighted by atomic mass is 32.2. The van der Waals surface area contributed by atoms with E-state index in [-0.39, 0.29) is 22.4 Å². The van der Waals surface area contributed by atoms with Crippen molar-refractivity contribution in [2.24, 2.45) is 0 Å². The summed E-state index contributed by atoms with van der Waals surface area (Å²) in [6.07, 6.45) is -3.23. The third-order valence-electron chi connectivity index (χ3n) is 4.39. The highest BCUT2D eigenvalue weighted by Gasteiger charge is 2.33. The first kappa shape index (κ1) is 19.3. The highest BCUT2D eigenvalue weighted by Crippen LogP contribution is 2.32. The molecule has 0 radical (unpaired) electrons. The van der Waals surface area contributed by atoms with Crippen molar-refractivity contribution in [2.45, 2.75) is 35.8 Å². The van der Waals surface area contributed by atoms with E-state index in [2.05, 4.69) is 4.72 Å². The molecule has 0 spiro atoms. The van der Waals surface area contributed by atoms with Crippen LogP contribution in [0.3, 0.4) is 0 Å². The molecule has 1 aromatic heterocycles. The molecule has 1 aromatic carbocycles. The van der Waals surface area contributed by atoms with Crippen molar-refractivity contribution >= 4 is 21.4 Å². The number of alkyl halides is 3. The zero-order chi connectivity index (χ0) is 18.8. The van der Waals surface area contributed by atoms with Crippen molar-refractivity contribution in [3.8, 4) is 0 Å². The van der Waals surface area contributed by atoms with Crippen molar-refractivity contribution in [1.82, 2.24) is 9.62 Å². The fourth-order valence-electron chi connectivity index (χ4n) is 3.08. The Morgan fingerprint density at radius 1 is 1.12 bits per heavy atom. The SMILES string of the molecule is O=S(=O)(NC1CCN(Cc2ccccc2C(F)(F)F)CC1)c1cccs1. The van der Waals surface area contributed by atoms with Gasteiger partial charge < -0.3 is 0 Å². The predicted molar refractivity (Wildman–Crippen MR) is 94.4 cm³/mol. The van der Waals surface area contributed by atoms with Gasteiger partial charge in [-0.1, -0.05) is 24.3 Å². The van der Waals surface area contributed by atoms with Crippen LogP contribution in [0.4, 0.5) is 13.2 Å². The zero-order valence-corrected chi connectivity index (χ0v) is 15.5. The lowest BCUT2D eigenvalue weighted by Crippen LogP contribution is -2.44. The number of rotatable bonds is 5. The first-order valence-corrected chi connectivity index (χ1v) is 10.6. The number of nitrogens with zero attached hydrogens (tertiary/aromatic N) is 1. The molecule has 2 aromatic rings. The normalized spacial score (nSPS) is 17.5. The molecule has 2 heterocycles. The number of halogens is 3. The summed E-state index contributed by atoms with van der Waals surface area (Å²) in [6, 6.07) is 8.61. The minimum absolute atomic E-state index is 0.198. The smallest absolute Gasteiger partial charge is 0.299 e. The van der Waals surface area contributed by atoms with E-state index in [1.807, 2.05) is 4.90 Å². The molecule has 0 bridgehead atoms. The number of thiophene rings is 1. The second-order valence-corrected chi connectivity index (χ2v) is 9.15. The summed E-state index contributed by atoms with van der Waals surface area (Å²) >= 11 is 1.16. The summed E-state index contributed by atoms with van der Waals surface area (Å²) in [6.45, 7) is 1.30. The molecule has 9 heteroatoms. The Morgan fingerprint density at radius 2 is 1.81 bits per heavy atom. The largest absolute Gasteiger partial charge is 0.416 e. The van der Waals surface area contributed by atoms with Gasteiger partial charge >= 0.3 is 6.18 Å². The number of hydrogen-bond acceptors (Lipinski definition) is 4. The third-order valence-corrected chi connectivity index (χ3v) is 7.30. The maximum atomic E-state index is 13.1. The van der Waals surface area contributed by atoms with Gasteiger partial charge in [0.15, 0.2) is 0 Å². The lowest BCUT2D eigenvalue weighted by molar-refractivity contribution is -0.138. The monoisotopic (exact) mass is 404 g/mol. The van der Waals surface area contributed by atoms with E-state index >= 15 is 0 Å². The topological polar surface area (TPSA) is 49.4 Å². The lowest BCUT2D eigenvalue weighted by Gasteiger charge is -2.32. The average molecular weight is 404 g/mol. The first-order chi connectivity index (χ1) is 12.3. The summed E-state index contributed by atoms with van der Waals surface area (Å²) in [5, 5.41) is 1.70. The molecule has 26 heavy (non-hydrogen) atoms. The molecular formula is C17H19F3N2O2S2.